The van der Waals surface area contributed by atoms with Gasteiger partial charge in [0.1, 0.15) is 6.10 Å². The lowest BCUT2D eigenvalue weighted by Crippen LogP contribution is -2.18. The molecule has 8 heteroatoms. The van der Waals surface area contributed by atoms with E-state index in [1.54, 1.807) is 36.0 Å². The topological polar surface area (TPSA) is 70.4 Å². The highest BCUT2D eigenvalue weighted by Gasteiger charge is 2.46. The number of rotatable bonds is 7. The Hall–Kier alpha value is -2.05. The van der Waals surface area contributed by atoms with Crippen LogP contribution in [0.15, 0.2) is 30.6 Å². The highest BCUT2D eigenvalue weighted by atomic mass is 35.5. The van der Waals surface area contributed by atoms with Gasteiger partial charge in [0.15, 0.2) is 0 Å². The molecule has 1 aromatic carbocycles. The van der Waals surface area contributed by atoms with Gasteiger partial charge in [0.25, 0.3) is 0 Å². The second kappa shape index (κ2) is 8.31. The average Bonchev–Trinajstić information content (AvgIpc) is 3.28. The molecule has 1 aliphatic rings. The fourth-order valence-electron chi connectivity index (χ4n) is 3.04. The summed E-state index contributed by atoms with van der Waals surface area (Å²) in [5, 5.41) is 4.94. The second-order valence-electron chi connectivity index (χ2n) is 6.53. The van der Waals surface area contributed by atoms with Gasteiger partial charge >= 0.3 is 11.9 Å². The maximum Gasteiger partial charge on any atom is 0.310 e. The van der Waals surface area contributed by atoms with E-state index in [-0.39, 0.29) is 30.8 Å². The molecule has 2 aromatic rings. The third-order valence-corrected chi connectivity index (χ3v) is 4.86. The molecule has 0 unspecified atom stereocenters. The highest BCUT2D eigenvalue weighted by molar-refractivity contribution is 6.34. The van der Waals surface area contributed by atoms with Gasteiger partial charge in [-0.1, -0.05) is 23.2 Å². The predicted molar refractivity (Wildman–Crippen MR) is 101 cm³/mol. The van der Waals surface area contributed by atoms with Crippen LogP contribution in [0.5, 0.6) is 0 Å². The summed E-state index contributed by atoms with van der Waals surface area (Å²) < 4.78 is 12.4. The fraction of sp³-hybridized carbons (Fsp3) is 0.421. The number of carbonyl (C=O) groups excluding carboxylic acids is 2. The van der Waals surface area contributed by atoms with Crippen LogP contribution in [0.3, 0.4) is 0 Å². The molecule has 6 nitrogen and oxygen atoms in total. The van der Waals surface area contributed by atoms with Gasteiger partial charge in [0.2, 0.25) is 0 Å². The Morgan fingerprint density at radius 2 is 2.00 bits per heavy atom. The third kappa shape index (κ3) is 5.02. The number of ether oxygens (including phenoxy) is 2. The van der Waals surface area contributed by atoms with Crippen molar-refractivity contribution < 1.29 is 19.1 Å². The molecule has 1 aliphatic carbocycles. The van der Waals surface area contributed by atoms with Crippen molar-refractivity contribution in [2.75, 3.05) is 6.61 Å². The normalized spacial score (nSPS) is 19.4. The van der Waals surface area contributed by atoms with Crippen LogP contribution in [0.2, 0.25) is 10.0 Å². The third-order valence-electron chi connectivity index (χ3n) is 4.42. The zero-order valence-electron chi connectivity index (χ0n) is 15.0. The molecule has 0 radical (unpaired) electrons. The summed E-state index contributed by atoms with van der Waals surface area (Å²) in [5.41, 5.74) is 1.57. The molecule has 0 amide bonds. The van der Waals surface area contributed by atoms with Crippen molar-refractivity contribution in [2.24, 2.45) is 13.0 Å². The number of hydrogen-bond donors (Lipinski definition) is 0. The Balaban J connectivity index is 1.73. The van der Waals surface area contributed by atoms with Gasteiger partial charge in [-0.15, -0.1) is 0 Å². The summed E-state index contributed by atoms with van der Waals surface area (Å²) in [7, 11) is 1.83. The number of aromatic nitrogens is 2. The molecule has 0 aliphatic heterocycles. The molecule has 3 rings (SSSR count). The fourth-order valence-corrected chi connectivity index (χ4v) is 3.59. The van der Waals surface area contributed by atoms with Crippen LogP contribution in [0.1, 0.15) is 42.9 Å². The van der Waals surface area contributed by atoms with Gasteiger partial charge in [0.05, 0.1) is 25.1 Å². The summed E-state index contributed by atoms with van der Waals surface area (Å²) in [6.07, 6.45) is 3.45. The van der Waals surface area contributed by atoms with Gasteiger partial charge in [-0.2, -0.15) is 5.10 Å². The Morgan fingerprint density at radius 3 is 2.59 bits per heavy atom. The summed E-state index contributed by atoms with van der Waals surface area (Å²) in [4.78, 5) is 24.6. The lowest BCUT2D eigenvalue weighted by Gasteiger charge is -2.18. The van der Waals surface area contributed by atoms with E-state index in [9.17, 15) is 9.59 Å². The molecule has 0 spiro atoms. The van der Waals surface area contributed by atoms with Crippen molar-refractivity contribution >= 4 is 35.1 Å². The highest BCUT2D eigenvalue weighted by Crippen LogP contribution is 2.48. The van der Waals surface area contributed by atoms with Crippen molar-refractivity contribution in [1.82, 2.24) is 9.78 Å². The summed E-state index contributed by atoms with van der Waals surface area (Å²) in [6, 6.07) is 4.85. The van der Waals surface area contributed by atoms with E-state index in [2.05, 4.69) is 5.10 Å². The molecular weight excluding hydrogens is 391 g/mol. The van der Waals surface area contributed by atoms with E-state index in [0.29, 0.717) is 22.0 Å². The summed E-state index contributed by atoms with van der Waals surface area (Å²) in [6.45, 7) is 1.97. The monoisotopic (exact) mass is 410 g/mol. The molecule has 0 saturated heterocycles. The van der Waals surface area contributed by atoms with E-state index in [1.165, 1.54) is 0 Å². The van der Waals surface area contributed by atoms with Gasteiger partial charge in [-0.25, -0.2) is 0 Å². The molecule has 1 saturated carbocycles. The van der Waals surface area contributed by atoms with Gasteiger partial charge in [0, 0.05) is 29.2 Å². The second-order valence-corrected chi connectivity index (χ2v) is 7.41. The predicted octanol–water partition coefficient (Wildman–Crippen LogP) is 4.07. The van der Waals surface area contributed by atoms with E-state index < -0.39 is 12.1 Å². The Bertz CT molecular complexity index is 832. The van der Waals surface area contributed by atoms with E-state index in [0.717, 1.165) is 5.56 Å². The standard InChI is InChI=1S/C19H20Cl2N2O4/c1-3-26-18(24)8-17(11-4-13(20)6-14(21)5-11)27-19(25)16-7-15(16)12-9-22-23(2)10-12/h4-6,9-10,15-17H,3,7-8H2,1-2H3/t15-,16-,17-/m0/s1. The Kier molecular flexibility index (Phi) is 6.07. The van der Waals surface area contributed by atoms with Crippen LogP contribution in [0.4, 0.5) is 0 Å². The Labute approximate surface area is 167 Å². The molecular formula is C19H20Cl2N2O4. The molecule has 1 fully saturated rings. The number of carbonyl (C=O) groups is 2. The minimum Gasteiger partial charge on any atom is -0.466 e. The largest absolute Gasteiger partial charge is 0.466 e. The number of aryl methyl sites for hydroxylation is 1. The molecule has 0 N–H and O–H groups in total. The van der Waals surface area contributed by atoms with Crippen LogP contribution >= 0.6 is 23.2 Å². The van der Waals surface area contributed by atoms with Gasteiger partial charge in [-0.05, 0) is 42.7 Å². The maximum atomic E-state index is 12.6. The lowest BCUT2D eigenvalue weighted by atomic mass is 10.1. The van der Waals surface area contributed by atoms with Crippen LogP contribution < -0.4 is 0 Å². The van der Waals surface area contributed by atoms with Crippen molar-refractivity contribution in [3.63, 3.8) is 0 Å². The lowest BCUT2D eigenvalue weighted by molar-refractivity contribution is -0.156. The number of halogens is 2. The zero-order valence-corrected chi connectivity index (χ0v) is 16.5. The number of hydrogen-bond acceptors (Lipinski definition) is 5. The smallest absolute Gasteiger partial charge is 0.310 e. The SMILES string of the molecule is CCOC(=O)C[C@H](OC(=O)[C@H]1C[C@H]1c1cnn(C)c1)c1cc(Cl)cc(Cl)c1. The molecule has 3 atom stereocenters. The van der Waals surface area contributed by atoms with Crippen LogP contribution in [0.25, 0.3) is 0 Å². The van der Waals surface area contributed by atoms with Crippen LogP contribution in [0, 0.1) is 5.92 Å². The maximum absolute atomic E-state index is 12.6. The van der Waals surface area contributed by atoms with Crippen molar-refractivity contribution in [3.8, 4) is 0 Å². The number of esters is 2. The number of nitrogens with zero attached hydrogens (tertiary/aromatic N) is 2. The van der Waals surface area contributed by atoms with Crippen molar-refractivity contribution in [3.05, 3.63) is 51.8 Å². The zero-order chi connectivity index (χ0) is 19.6. The Morgan fingerprint density at radius 1 is 1.30 bits per heavy atom. The van der Waals surface area contributed by atoms with Gasteiger partial charge < -0.3 is 9.47 Å². The quantitative estimate of drug-likeness (QED) is 0.643. The van der Waals surface area contributed by atoms with Crippen LogP contribution in [-0.2, 0) is 26.1 Å². The van der Waals surface area contributed by atoms with Crippen LogP contribution in [-0.4, -0.2) is 28.3 Å². The molecule has 1 heterocycles. The molecule has 0 bridgehead atoms. The first-order chi connectivity index (χ1) is 12.9. The van der Waals surface area contributed by atoms with E-state index in [4.69, 9.17) is 32.7 Å². The average molecular weight is 411 g/mol. The first-order valence-corrected chi connectivity index (χ1v) is 9.43. The summed E-state index contributed by atoms with van der Waals surface area (Å²) in [5.74, 6) is -0.953. The van der Waals surface area contributed by atoms with Gasteiger partial charge in [-0.3, -0.25) is 14.3 Å². The first-order valence-electron chi connectivity index (χ1n) is 8.68. The van der Waals surface area contributed by atoms with E-state index in [1.807, 2.05) is 13.2 Å². The number of benzene rings is 1. The molecule has 27 heavy (non-hydrogen) atoms. The first kappa shape index (κ1) is 19.7. The van der Waals surface area contributed by atoms with E-state index >= 15 is 0 Å². The summed E-state index contributed by atoms with van der Waals surface area (Å²) >= 11 is 12.1. The minimum atomic E-state index is -0.803. The van der Waals surface area contributed by atoms with Crippen molar-refractivity contribution in [2.45, 2.75) is 31.8 Å². The molecule has 1 aromatic heterocycles. The molecule has 144 valence electrons. The minimum absolute atomic E-state index is 0.0948. The van der Waals surface area contributed by atoms with Crippen molar-refractivity contribution in [1.29, 1.82) is 0 Å².